The number of aliphatic hydroxyl groups excluding tert-OH is 1. The van der Waals surface area contributed by atoms with Crippen molar-refractivity contribution < 1.29 is 14.3 Å². The molecule has 0 unspecified atom stereocenters. The molecular weight excluding hydrogens is 477 g/mol. The molecule has 6 heteroatoms. The van der Waals surface area contributed by atoms with Crippen LogP contribution in [0.15, 0.2) is 42.5 Å². The summed E-state index contributed by atoms with van der Waals surface area (Å²) in [5, 5.41) is 12.7. The zero-order valence-corrected chi connectivity index (χ0v) is 21.7. The molecule has 0 aliphatic heterocycles. The second-order valence-corrected chi connectivity index (χ2v) is 12.4. The van der Waals surface area contributed by atoms with Crippen molar-refractivity contribution in [2.75, 3.05) is 5.32 Å². The van der Waals surface area contributed by atoms with Crippen LogP contribution in [-0.2, 0) is 37.1 Å². The lowest BCUT2D eigenvalue weighted by Gasteiger charge is -2.57. The first kappa shape index (κ1) is 24.0. The van der Waals surface area contributed by atoms with E-state index in [0.717, 1.165) is 70.8 Å². The van der Waals surface area contributed by atoms with Gasteiger partial charge in [-0.1, -0.05) is 30.3 Å². The quantitative estimate of drug-likeness (QED) is 0.438. The van der Waals surface area contributed by atoms with E-state index in [1.54, 1.807) is 12.1 Å². The molecule has 8 rings (SSSR count). The fraction of sp³-hybridized carbons (Fsp3) is 0.469. The zero-order chi connectivity index (χ0) is 25.9. The normalized spacial score (nSPS) is 26.6. The Bertz CT molecular complexity index is 1370. The molecule has 5 aliphatic carbocycles. The predicted octanol–water partition coefficient (Wildman–Crippen LogP) is 5.81. The second kappa shape index (κ2) is 9.26. The van der Waals surface area contributed by atoms with Crippen LogP contribution in [0.1, 0.15) is 66.6 Å². The number of carbonyl (C=O) groups excluding carboxylic acids is 1. The molecule has 0 saturated heterocycles. The number of rotatable bonds is 6. The summed E-state index contributed by atoms with van der Waals surface area (Å²) in [5.74, 6) is 2.64. The van der Waals surface area contributed by atoms with E-state index in [2.05, 4.69) is 17.4 Å². The van der Waals surface area contributed by atoms with E-state index in [1.165, 1.54) is 56.2 Å². The maximum Gasteiger partial charge on any atom is 0.229 e. The Hall–Kier alpha value is -3.12. The van der Waals surface area contributed by atoms with Crippen LogP contribution in [0.4, 0.5) is 10.2 Å². The Kier molecular flexibility index (Phi) is 5.84. The van der Waals surface area contributed by atoms with E-state index < -0.39 is 0 Å². The molecule has 3 aromatic rings. The van der Waals surface area contributed by atoms with E-state index >= 15 is 0 Å². The molecule has 196 valence electrons. The summed E-state index contributed by atoms with van der Waals surface area (Å²) >= 11 is 0. The molecule has 1 heterocycles. The maximum atomic E-state index is 13.4. The first-order valence-electron chi connectivity index (χ1n) is 14.1. The van der Waals surface area contributed by atoms with Gasteiger partial charge in [0.15, 0.2) is 5.82 Å². The number of nitrogens with zero attached hydrogens (tertiary/aromatic N) is 2. The zero-order valence-electron chi connectivity index (χ0n) is 21.7. The van der Waals surface area contributed by atoms with Gasteiger partial charge < -0.3 is 10.4 Å². The number of aliphatic hydroxyl groups is 1. The Morgan fingerprint density at radius 2 is 1.63 bits per heavy atom. The van der Waals surface area contributed by atoms with Gasteiger partial charge in [0.2, 0.25) is 5.91 Å². The predicted molar refractivity (Wildman–Crippen MR) is 144 cm³/mol. The number of hydrogen-bond donors (Lipinski definition) is 2. The number of nitrogens with one attached hydrogen (secondary N) is 1. The van der Waals surface area contributed by atoms with Crippen molar-refractivity contribution in [3.63, 3.8) is 0 Å². The van der Waals surface area contributed by atoms with Crippen molar-refractivity contribution in [2.45, 2.75) is 70.8 Å². The van der Waals surface area contributed by atoms with E-state index in [0.29, 0.717) is 5.82 Å². The number of amides is 1. The molecule has 38 heavy (non-hydrogen) atoms. The first-order chi connectivity index (χ1) is 18.4. The number of anilines is 1. The molecule has 5 nitrogen and oxygen atoms in total. The smallest absolute Gasteiger partial charge is 0.229 e. The van der Waals surface area contributed by atoms with Crippen molar-refractivity contribution >= 4 is 11.7 Å². The summed E-state index contributed by atoms with van der Waals surface area (Å²) in [5.41, 5.74) is 6.97. The SMILES string of the molecule is O=C(Cc1ccc(F)cc1)Nc1nc2c(nc1CC13CC4CC(CC(C4)C1)C3)-c1ccc(CO)cc1CC2. The van der Waals surface area contributed by atoms with Gasteiger partial charge in [0.25, 0.3) is 0 Å². The summed E-state index contributed by atoms with van der Waals surface area (Å²) in [4.78, 5) is 23.4. The summed E-state index contributed by atoms with van der Waals surface area (Å²) < 4.78 is 13.4. The third-order valence-electron chi connectivity index (χ3n) is 9.52. The first-order valence-corrected chi connectivity index (χ1v) is 14.1. The molecular formula is C32H34FN3O2. The number of carbonyl (C=O) groups is 1. The topological polar surface area (TPSA) is 75.1 Å². The standard InChI is InChI=1S/C32H34FN3O2/c33-25-5-1-19(2-6-25)13-29(38)36-31-28(17-32-14-21-9-22(15-32)11-23(10-21)16-32)34-30-26-7-3-20(18-37)12-24(26)4-8-27(30)35-31/h1-3,5-7,12,21-23,37H,4,8-11,13-18H2,(H,35,36,38). The van der Waals surface area contributed by atoms with Gasteiger partial charge in [0.05, 0.1) is 30.1 Å². The van der Waals surface area contributed by atoms with Gasteiger partial charge in [-0.05, 0) is 110 Å². The molecule has 1 amide bonds. The fourth-order valence-corrected chi connectivity index (χ4v) is 8.38. The van der Waals surface area contributed by atoms with Crippen LogP contribution in [0.2, 0.25) is 0 Å². The monoisotopic (exact) mass is 511 g/mol. The van der Waals surface area contributed by atoms with Crippen LogP contribution in [0.25, 0.3) is 11.3 Å². The maximum absolute atomic E-state index is 13.4. The largest absolute Gasteiger partial charge is 0.392 e. The lowest BCUT2D eigenvalue weighted by molar-refractivity contribution is -0.115. The number of benzene rings is 2. The minimum absolute atomic E-state index is 0.0299. The minimum atomic E-state index is -0.307. The van der Waals surface area contributed by atoms with Gasteiger partial charge in [-0.25, -0.2) is 14.4 Å². The van der Waals surface area contributed by atoms with Gasteiger partial charge >= 0.3 is 0 Å². The van der Waals surface area contributed by atoms with Crippen LogP contribution in [0.5, 0.6) is 0 Å². The van der Waals surface area contributed by atoms with Crippen LogP contribution < -0.4 is 5.32 Å². The fourth-order valence-electron chi connectivity index (χ4n) is 8.38. The molecule has 4 fully saturated rings. The summed E-state index contributed by atoms with van der Waals surface area (Å²) in [6, 6.07) is 12.2. The van der Waals surface area contributed by atoms with Crippen molar-refractivity contribution in [1.29, 1.82) is 0 Å². The van der Waals surface area contributed by atoms with Gasteiger partial charge in [0.1, 0.15) is 5.82 Å². The molecule has 4 saturated carbocycles. The van der Waals surface area contributed by atoms with Crippen molar-refractivity contribution in [1.82, 2.24) is 9.97 Å². The highest BCUT2D eigenvalue weighted by Gasteiger charge is 2.51. The number of hydrogen-bond acceptors (Lipinski definition) is 4. The lowest BCUT2D eigenvalue weighted by Crippen LogP contribution is -2.47. The van der Waals surface area contributed by atoms with Gasteiger partial charge in [0, 0.05) is 5.56 Å². The molecule has 4 bridgehead atoms. The Balaban J connectivity index is 1.24. The highest BCUT2D eigenvalue weighted by atomic mass is 19.1. The average Bonchev–Trinajstić information content (AvgIpc) is 2.89. The lowest BCUT2D eigenvalue weighted by atomic mass is 9.48. The molecule has 2 N–H and O–H groups in total. The molecule has 1 aromatic heterocycles. The molecule has 0 atom stereocenters. The molecule has 0 radical (unpaired) electrons. The second-order valence-electron chi connectivity index (χ2n) is 12.4. The molecule has 0 spiro atoms. The third-order valence-corrected chi connectivity index (χ3v) is 9.52. The summed E-state index contributed by atoms with van der Waals surface area (Å²) in [6.45, 7) is 0.0299. The van der Waals surface area contributed by atoms with E-state index in [-0.39, 0.29) is 30.2 Å². The van der Waals surface area contributed by atoms with E-state index in [4.69, 9.17) is 9.97 Å². The number of aryl methyl sites for hydroxylation is 2. The van der Waals surface area contributed by atoms with Crippen LogP contribution in [0, 0.1) is 29.0 Å². The molecule has 2 aromatic carbocycles. The Morgan fingerprint density at radius 3 is 2.32 bits per heavy atom. The van der Waals surface area contributed by atoms with E-state index in [1.807, 2.05) is 6.07 Å². The summed E-state index contributed by atoms with van der Waals surface area (Å²) in [6.07, 6.45) is 10.6. The Morgan fingerprint density at radius 1 is 0.947 bits per heavy atom. The number of fused-ring (bicyclic) bond motifs is 3. The third kappa shape index (κ3) is 4.43. The Labute approximate surface area is 222 Å². The molecule has 5 aliphatic rings. The van der Waals surface area contributed by atoms with E-state index in [9.17, 15) is 14.3 Å². The minimum Gasteiger partial charge on any atom is -0.392 e. The van der Waals surface area contributed by atoms with Gasteiger partial charge in [-0.15, -0.1) is 0 Å². The van der Waals surface area contributed by atoms with Crippen LogP contribution in [-0.4, -0.2) is 21.0 Å². The highest BCUT2D eigenvalue weighted by molar-refractivity contribution is 5.92. The summed E-state index contributed by atoms with van der Waals surface area (Å²) in [7, 11) is 0. The van der Waals surface area contributed by atoms with Gasteiger partial charge in [-0.2, -0.15) is 0 Å². The van der Waals surface area contributed by atoms with Crippen molar-refractivity contribution in [3.05, 3.63) is 76.4 Å². The van der Waals surface area contributed by atoms with Crippen molar-refractivity contribution in [3.8, 4) is 11.3 Å². The number of aromatic nitrogens is 2. The van der Waals surface area contributed by atoms with Gasteiger partial charge in [-0.3, -0.25) is 4.79 Å². The van der Waals surface area contributed by atoms with Crippen LogP contribution in [0.3, 0.4) is 0 Å². The van der Waals surface area contributed by atoms with Crippen molar-refractivity contribution in [2.24, 2.45) is 23.2 Å². The number of halogens is 1. The highest BCUT2D eigenvalue weighted by Crippen LogP contribution is 2.61. The average molecular weight is 512 g/mol. The van der Waals surface area contributed by atoms with Crippen LogP contribution >= 0.6 is 0 Å².